The Hall–Kier alpha value is -1.07. The fraction of sp³-hybridized carbons (Fsp3) is 0.462. The highest BCUT2D eigenvalue weighted by atomic mass is 79.9. The van der Waals surface area contributed by atoms with Crippen molar-refractivity contribution in [3.8, 4) is 0 Å². The lowest BCUT2D eigenvalue weighted by Crippen LogP contribution is -2.28. The Kier molecular flexibility index (Phi) is 3.38. The van der Waals surface area contributed by atoms with E-state index in [4.69, 9.17) is 5.73 Å². The number of rotatable bonds is 3. The molecule has 1 atom stereocenters. The first-order valence-electron chi connectivity index (χ1n) is 6.02. The van der Waals surface area contributed by atoms with Gasteiger partial charge in [0.15, 0.2) is 0 Å². The first kappa shape index (κ1) is 13.4. The average Bonchev–Trinajstić information content (AvgIpc) is 2.66. The van der Waals surface area contributed by atoms with Crippen molar-refractivity contribution in [2.45, 2.75) is 33.2 Å². The van der Waals surface area contributed by atoms with Gasteiger partial charge in [0.2, 0.25) is 0 Å². The number of aromatic nitrogens is 2. The Morgan fingerprint density at radius 3 is 2.44 bits per heavy atom. The largest absolute Gasteiger partial charge is 0.323 e. The molecule has 0 saturated heterocycles. The molecule has 0 saturated carbocycles. The normalized spacial score (nSPS) is 14.1. The zero-order valence-electron chi connectivity index (χ0n) is 10.8. The lowest BCUT2D eigenvalue weighted by atomic mass is 9.79. The summed E-state index contributed by atoms with van der Waals surface area (Å²) in [6, 6.07) is 3.76. The van der Waals surface area contributed by atoms with Gasteiger partial charge >= 0.3 is 5.69 Å². The lowest BCUT2D eigenvalue weighted by molar-refractivity contribution is 0.278. The SMILES string of the molecule is CCC(C)(C)C(N)c1cc2[nH]c(=O)[nH]c2cc1Br. The monoisotopic (exact) mass is 311 g/mol. The first-order chi connectivity index (χ1) is 8.35. The maximum atomic E-state index is 11.3. The molecule has 0 spiro atoms. The highest BCUT2D eigenvalue weighted by molar-refractivity contribution is 9.10. The molecule has 0 bridgehead atoms. The van der Waals surface area contributed by atoms with Gasteiger partial charge in [-0.15, -0.1) is 0 Å². The smallest absolute Gasteiger partial charge is 0.323 e. The molecule has 2 rings (SSSR count). The zero-order chi connectivity index (χ0) is 13.5. The second-order valence-electron chi connectivity index (χ2n) is 5.32. The zero-order valence-corrected chi connectivity index (χ0v) is 12.4. The summed E-state index contributed by atoms with van der Waals surface area (Å²) in [6.45, 7) is 6.42. The molecule has 1 unspecified atom stereocenters. The molecule has 0 amide bonds. The Morgan fingerprint density at radius 2 is 1.89 bits per heavy atom. The number of imidazole rings is 1. The summed E-state index contributed by atoms with van der Waals surface area (Å²) in [4.78, 5) is 16.8. The Morgan fingerprint density at radius 1 is 1.33 bits per heavy atom. The van der Waals surface area contributed by atoms with Crippen molar-refractivity contribution in [2.75, 3.05) is 0 Å². The minimum absolute atomic E-state index is 0.00674. The van der Waals surface area contributed by atoms with Crippen LogP contribution in [-0.4, -0.2) is 9.97 Å². The molecule has 0 radical (unpaired) electrons. The van der Waals surface area contributed by atoms with E-state index in [1.54, 1.807) is 0 Å². The summed E-state index contributed by atoms with van der Waals surface area (Å²) in [5.41, 5.74) is 8.76. The van der Waals surface area contributed by atoms with Crippen LogP contribution >= 0.6 is 15.9 Å². The maximum Gasteiger partial charge on any atom is 0.323 e. The molecule has 1 aromatic heterocycles. The Labute approximate surface area is 114 Å². The summed E-state index contributed by atoms with van der Waals surface area (Å²) in [5.74, 6) is 0. The Balaban J connectivity index is 2.57. The fourth-order valence-electron chi connectivity index (χ4n) is 1.95. The van der Waals surface area contributed by atoms with Crippen LogP contribution in [0.2, 0.25) is 0 Å². The van der Waals surface area contributed by atoms with Crippen LogP contribution in [0.15, 0.2) is 21.4 Å². The van der Waals surface area contributed by atoms with E-state index in [1.165, 1.54) is 0 Å². The van der Waals surface area contributed by atoms with Crippen LogP contribution in [0.3, 0.4) is 0 Å². The summed E-state index contributed by atoms with van der Waals surface area (Å²) >= 11 is 3.53. The van der Waals surface area contributed by atoms with Crippen molar-refractivity contribution in [1.82, 2.24) is 9.97 Å². The van der Waals surface area contributed by atoms with Crippen LogP contribution in [0.5, 0.6) is 0 Å². The molecule has 98 valence electrons. The first-order valence-corrected chi connectivity index (χ1v) is 6.81. The second kappa shape index (κ2) is 4.55. The highest BCUT2D eigenvalue weighted by Crippen LogP contribution is 2.38. The van der Waals surface area contributed by atoms with E-state index in [1.807, 2.05) is 12.1 Å². The molecule has 18 heavy (non-hydrogen) atoms. The Bertz CT molecular complexity index is 627. The minimum atomic E-state index is -0.197. The molecule has 0 fully saturated rings. The van der Waals surface area contributed by atoms with E-state index < -0.39 is 0 Å². The van der Waals surface area contributed by atoms with E-state index >= 15 is 0 Å². The third-order valence-electron chi connectivity index (χ3n) is 3.72. The van der Waals surface area contributed by atoms with Gasteiger partial charge in [0, 0.05) is 10.5 Å². The van der Waals surface area contributed by atoms with Crippen molar-refractivity contribution in [3.63, 3.8) is 0 Å². The van der Waals surface area contributed by atoms with Gasteiger partial charge in [-0.05, 0) is 29.5 Å². The van der Waals surface area contributed by atoms with Gasteiger partial charge in [0.05, 0.1) is 11.0 Å². The van der Waals surface area contributed by atoms with Crippen LogP contribution in [0.1, 0.15) is 38.8 Å². The maximum absolute atomic E-state index is 11.3. The van der Waals surface area contributed by atoms with Gasteiger partial charge < -0.3 is 15.7 Å². The molecule has 0 aliphatic rings. The van der Waals surface area contributed by atoms with E-state index in [9.17, 15) is 4.79 Å². The second-order valence-corrected chi connectivity index (χ2v) is 6.17. The molecular formula is C13H18BrN3O. The molecule has 0 aliphatic heterocycles. The number of hydrogen-bond donors (Lipinski definition) is 3. The predicted molar refractivity (Wildman–Crippen MR) is 77.6 cm³/mol. The molecule has 4 N–H and O–H groups in total. The standard InChI is InChI=1S/C13H18BrN3O/c1-4-13(2,3)11(15)7-5-9-10(6-8(7)14)17-12(18)16-9/h5-6,11H,4,15H2,1-3H3,(H2,16,17,18). The number of benzene rings is 1. The van der Waals surface area contributed by atoms with Crippen LogP contribution in [0.4, 0.5) is 0 Å². The molecule has 1 heterocycles. The highest BCUT2D eigenvalue weighted by Gasteiger charge is 2.27. The van der Waals surface area contributed by atoms with Gasteiger partial charge in [-0.25, -0.2) is 4.79 Å². The van der Waals surface area contributed by atoms with Crippen LogP contribution in [-0.2, 0) is 0 Å². The number of halogens is 1. The lowest BCUT2D eigenvalue weighted by Gasteiger charge is -2.31. The number of fused-ring (bicyclic) bond motifs is 1. The quantitative estimate of drug-likeness (QED) is 0.815. The molecule has 5 heteroatoms. The number of hydrogen-bond acceptors (Lipinski definition) is 2. The molecule has 1 aromatic carbocycles. The summed E-state index contributed by atoms with van der Waals surface area (Å²) in [7, 11) is 0. The van der Waals surface area contributed by atoms with E-state index in [-0.39, 0.29) is 17.1 Å². The molecular weight excluding hydrogens is 294 g/mol. The van der Waals surface area contributed by atoms with Gasteiger partial charge in [-0.1, -0.05) is 36.7 Å². The number of nitrogens with one attached hydrogen (secondary N) is 2. The van der Waals surface area contributed by atoms with Gasteiger partial charge in [0.1, 0.15) is 0 Å². The number of aromatic amines is 2. The van der Waals surface area contributed by atoms with Crippen molar-refractivity contribution in [3.05, 3.63) is 32.7 Å². The topological polar surface area (TPSA) is 74.7 Å². The minimum Gasteiger partial charge on any atom is -0.323 e. The van der Waals surface area contributed by atoms with Crippen molar-refractivity contribution in [2.24, 2.45) is 11.1 Å². The van der Waals surface area contributed by atoms with Crippen LogP contribution in [0, 0.1) is 5.41 Å². The number of H-pyrrole nitrogens is 2. The van der Waals surface area contributed by atoms with Gasteiger partial charge in [-0.3, -0.25) is 0 Å². The van der Waals surface area contributed by atoms with Crippen molar-refractivity contribution >= 4 is 27.0 Å². The fourth-order valence-corrected chi connectivity index (χ4v) is 2.54. The van der Waals surface area contributed by atoms with Crippen LogP contribution in [0.25, 0.3) is 11.0 Å². The van der Waals surface area contributed by atoms with Gasteiger partial charge in [-0.2, -0.15) is 0 Å². The summed E-state index contributed by atoms with van der Waals surface area (Å²) < 4.78 is 0.930. The third-order valence-corrected chi connectivity index (χ3v) is 4.41. The van der Waals surface area contributed by atoms with Gasteiger partial charge in [0.25, 0.3) is 0 Å². The van der Waals surface area contributed by atoms with Crippen molar-refractivity contribution < 1.29 is 0 Å². The average molecular weight is 312 g/mol. The summed E-state index contributed by atoms with van der Waals surface area (Å²) in [5, 5.41) is 0. The predicted octanol–water partition coefficient (Wildman–Crippen LogP) is 3.05. The number of nitrogens with two attached hydrogens (primary N) is 1. The van der Waals surface area contributed by atoms with E-state index in [0.29, 0.717) is 0 Å². The molecule has 4 nitrogen and oxygen atoms in total. The summed E-state index contributed by atoms with van der Waals surface area (Å²) in [6.07, 6.45) is 0.988. The third kappa shape index (κ3) is 2.24. The van der Waals surface area contributed by atoms with Crippen molar-refractivity contribution in [1.29, 1.82) is 0 Å². The van der Waals surface area contributed by atoms with E-state index in [0.717, 1.165) is 27.5 Å². The molecule has 0 aliphatic carbocycles. The van der Waals surface area contributed by atoms with E-state index in [2.05, 4.69) is 46.7 Å². The van der Waals surface area contributed by atoms with Crippen LogP contribution < -0.4 is 11.4 Å². The molecule has 2 aromatic rings.